The minimum Gasteiger partial charge on any atom is -0.481 e. The fourth-order valence-corrected chi connectivity index (χ4v) is 2.77. The summed E-state index contributed by atoms with van der Waals surface area (Å²) in [7, 11) is 0. The molecule has 0 saturated carbocycles. The second kappa shape index (κ2) is 7.29. The van der Waals surface area contributed by atoms with Gasteiger partial charge in [-0.1, -0.05) is 30.3 Å². The molecule has 0 radical (unpaired) electrons. The van der Waals surface area contributed by atoms with E-state index in [1.807, 2.05) is 0 Å². The van der Waals surface area contributed by atoms with Crippen LogP contribution in [0.3, 0.4) is 0 Å². The highest BCUT2D eigenvalue weighted by molar-refractivity contribution is 5.66. The maximum Gasteiger partial charge on any atom is 0.304 e. The molecule has 0 unspecified atom stereocenters. The predicted octanol–water partition coefficient (Wildman–Crippen LogP) is 2.81. The van der Waals surface area contributed by atoms with Crippen molar-refractivity contribution < 1.29 is 9.90 Å². The molecule has 1 aromatic carbocycles. The summed E-state index contributed by atoms with van der Waals surface area (Å²) in [6.45, 7) is 2.83. The molecule has 1 N–H and O–H groups in total. The summed E-state index contributed by atoms with van der Waals surface area (Å²) >= 11 is 0. The Hall–Kier alpha value is -1.35. The molecule has 1 aliphatic rings. The molecule has 1 heterocycles. The average Bonchev–Trinajstić information content (AvgIpc) is 2.45. The van der Waals surface area contributed by atoms with E-state index in [0.29, 0.717) is 6.54 Å². The lowest BCUT2D eigenvalue weighted by atomic mass is 9.90. The maximum absolute atomic E-state index is 10.5. The average molecular weight is 261 g/mol. The zero-order chi connectivity index (χ0) is 13.5. The molecule has 1 aromatic rings. The lowest BCUT2D eigenvalue weighted by Crippen LogP contribution is -2.35. The summed E-state index contributed by atoms with van der Waals surface area (Å²) < 4.78 is 0. The zero-order valence-corrected chi connectivity index (χ0v) is 11.4. The Morgan fingerprint density at radius 2 is 1.89 bits per heavy atom. The zero-order valence-electron chi connectivity index (χ0n) is 11.4. The van der Waals surface area contributed by atoms with Crippen LogP contribution in [-0.2, 0) is 11.2 Å². The van der Waals surface area contributed by atoms with Crippen molar-refractivity contribution in [2.75, 3.05) is 19.6 Å². The van der Waals surface area contributed by atoms with Crippen molar-refractivity contribution in [3.8, 4) is 0 Å². The molecule has 19 heavy (non-hydrogen) atoms. The normalized spacial score (nSPS) is 17.5. The van der Waals surface area contributed by atoms with Crippen LogP contribution in [0.15, 0.2) is 30.3 Å². The van der Waals surface area contributed by atoms with Crippen molar-refractivity contribution in [1.29, 1.82) is 0 Å². The number of likely N-dealkylation sites (tertiary alicyclic amines) is 1. The van der Waals surface area contributed by atoms with Crippen LogP contribution in [0.5, 0.6) is 0 Å². The summed E-state index contributed by atoms with van der Waals surface area (Å²) in [6, 6.07) is 10.7. The molecule has 0 aromatic heterocycles. The largest absolute Gasteiger partial charge is 0.481 e. The third-order valence-electron chi connectivity index (χ3n) is 4.03. The lowest BCUT2D eigenvalue weighted by Gasteiger charge is -2.31. The molecule has 0 aliphatic carbocycles. The van der Waals surface area contributed by atoms with Gasteiger partial charge in [-0.15, -0.1) is 0 Å². The van der Waals surface area contributed by atoms with E-state index in [9.17, 15) is 4.79 Å². The second-order valence-electron chi connectivity index (χ2n) is 5.45. The predicted molar refractivity (Wildman–Crippen MR) is 76.2 cm³/mol. The van der Waals surface area contributed by atoms with E-state index in [-0.39, 0.29) is 6.42 Å². The first-order valence-electron chi connectivity index (χ1n) is 7.22. The van der Waals surface area contributed by atoms with Crippen molar-refractivity contribution in [1.82, 2.24) is 4.90 Å². The van der Waals surface area contributed by atoms with Gasteiger partial charge in [0.05, 0.1) is 6.42 Å². The van der Waals surface area contributed by atoms with Gasteiger partial charge in [0.2, 0.25) is 0 Å². The Labute approximate surface area is 115 Å². The molecule has 1 saturated heterocycles. The van der Waals surface area contributed by atoms with Crippen LogP contribution in [0.4, 0.5) is 0 Å². The number of rotatable bonds is 6. The van der Waals surface area contributed by atoms with Gasteiger partial charge >= 0.3 is 5.97 Å². The van der Waals surface area contributed by atoms with Crippen molar-refractivity contribution >= 4 is 5.97 Å². The highest BCUT2D eigenvalue weighted by Gasteiger charge is 2.19. The van der Waals surface area contributed by atoms with Crippen LogP contribution >= 0.6 is 0 Å². The molecule has 104 valence electrons. The van der Waals surface area contributed by atoms with Gasteiger partial charge in [0, 0.05) is 6.54 Å². The molecule has 0 amide bonds. The number of benzene rings is 1. The minimum atomic E-state index is -0.689. The Bertz CT molecular complexity index is 383. The molecule has 0 spiro atoms. The maximum atomic E-state index is 10.5. The summed E-state index contributed by atoms with van der Waals surface area (Å²) in [5, 5.41) is 8.68. The van der Waals surface area contributed by atoms with Crippen LogP contribution in [0.25, 0.3) is 0 Å². The van der Waals surface area contributed by atoms with E-state index < -0.39 is 5.97 Å². The molecule has 3 nitrogen and oxygen atoms in total. The molecule has 1 fully saturated rings. The van der Waals surface area contributed by atoms with Gasteiger partial charge < -0.3 is 10.0 Å². The Kier molecular flexibility index (Phi) is 5.40. The van der Waals surface area contributed by atoms with Crippen LogP contribution in [0, 0.1) is 5.92 Å². The third kappa shape index (κ3) is 5.03. The number of piperidine rings is 1. The molecular weight excluding hydrogens is 238 g/mol. The van der Waals surface area contributed by atoms with E-state index in [2.05, 4.69) is 35.2 Å². The fraction of sp³-hybridized carbons (Fsp3) is 0.562. The van der Waals surface area contributed by atoms with Gasteiger partial charge in [0.15, 0.2) is 0 Å². The van der Waals surface area contributed by atoms with E-state index in [1.165, 1.54) is 31.2 Å². The lowest BCUT2D eigenvalue weighted by molar-refractivity contribution is -0.137. The number of carboxylic acid groups (broad SMARTS) is 1. The Balaban J connectivity index is 1.65. The topological polar surface area (TPSA) is 40.5 Å². The van der Waals surface area contributed by atoms with E-state index in [0.717, 1.165) is 19.0 Å². The standard InChI is InChI=1S/C16H23NO2/c18-16(19)10-13-17-11-8-15(9-12-17)7-6-14-4-2-1-3-5-14/h1-5,15H,6-13H2,(H,18,19). The molecule has 3 heteroatoms. The molecule has 1 aliphatic heterocycles. The molecule has 2 rings (SSSR count). The van der Waals surface area contributed by atoms with E-state index in [4.69, 9.17) is 5.11 Å². The van der Waals surface area contributed by atoms with Crippen molar-refractivity contribution in [2.45, 2.75) is 32.1 Å². The second-order valence-corrected chi connectivity index (χ2v) is 5.45. The summed E-state index contributed by atoms with van der Waals surface area (Å²) in [5.74, 6) is 0.118. The number of hydrogen-bond acceptors (Lipinski definition) is 2. The molecular formula is C16H23NO2. The first-order valence-corrected chi connectivity index (χ1v) is 7.22. The summed E-state index contributed by atoms with van der Waals surface area (Å²) in [4.78, 5) is 12.8. The number of aryl methyl sites for hydroxylation is 1. The quantitative estimate of drug-likeness (QED) is 0.856. The van der Waals surface area contributed by atoms with Crippen molar-refractivity contribution in [3.63, 3.8) is 0 Å². The van der Waals surface area contributed by atoms with Crippen LogP contribution < -0.4 is 0 Å². The molecule has 0 atom stereocenters. The van der Waals surface area contributed by atoms with Crippen molar-refractivity contribution in [2.24, 2.45) is 5.92 Å². The van der Waals surface area contributed by atoms with E-state index in [1.54, 1.807) is 0 Å². The number of carbonyl (C=O) groups is 1. The minimum absolute atomic E-state index is 0.273. The summed E-state index contributed by atoms with van der Waals surface area (Å²) in [5.41, 5.74) is 1.43. The first-order chi connectivity index (χ1) is 9.24. The fourth-order valence-electron chi connectivity index (χ4n) is 2.77. The summed E-state index contributed by atoms with van der Waals surface area (Å²) in [6.07, 6.45) is 5.13. The Morgan fingerprint density at radius 3 is 2.53 bits per heavy atom. The Morgan fingerprint density at radius 1 is 1.21 bits per heavy atom. The highest BCUT2D eigenvalue weighted by atomic mass is 16.4. The van der Waals surface area contributed by atoms with Gasteiger partial charge in [-0.25, -0.2) is 0 Å². The number of carboxylic acids is 1. The SMILES string of the molecule is O=C(O)CCN1CCC(CCc2ccccc2)CC1. The van der Waals surface area contributed by atoms with Crippen LogP contribution in [0.2, 0.25) is 0 Å². The van der Waals surface area contributed by atoms with Gasteiger partial charge in [-0.2, -0.15) is 0 Å². The van der Waals surface area contributed by atoms with Crippen molar-refractivity contribution in [3.05, 3.63) is 35.9 Å². The smallest absolute Gasteiger partial charge is 0.304 e. The van der Waals surface area contributed by atoms with Gasteiger partial charge in [0.1, 0.15) is 0 Å². The van der Waals surface area contributed by atoms with Gasteiger partial charge in [-0.05, 0) is 50.3 Å². The van der Waals surface area contributed by atoms with Gasteiger partial charge in [-0.3, -0.25) is 4.79 Å². The van der Waals surface area contributed by atoms with Gasteiger partial charge in [0.25, 0.3) is 0 Å². The molecule has 0 bridgehead atoms. The number of hydrogen-bond donors (Lipinski definition) is 1. The highest BCUT2D eigenvalue weighted by Crippen LogP contribution is 2.22. The van der Waals surface area contributed by atoms with Crippen LogP contribution in [-0.4, -0.2) is 35.6 Å². The van der Waals surface area contributed by atoms with E-state index >= 15 is 0 Å². The van der Waals surface area contributed by atoms with Crippen LogP contribution in [0.1, 0.15) is 31.2 Å². The first kappa shape index (κ1) is 14.1. The number of nitrogens with zero attached hydrogens (tertiary/aromatic N) is 1. The number of aliphatic carboxylic acids is 1. The third-order valence-corrected chi connectivity index (χ3v) is 4.03. The monoisotopic (exact) mass is 261 g/mol.